The van der Waals surface area contributed by atoms with Crippen molar-refractivity contribution in [1.82, 2.24) is 30.0 Å². The third-order valence-corrected chi connectivity index (χ3v) is 14.3. The van der Waals surface area contributed by atoms with Gasteiger partial charge in [0.15, 0.2) is 0 Å². The molecule has 300 valence electrons. The van der Waals surface area contributed by atoms with Gasteiger partial charge in [0.05, 0.1) is 42.1 Å². The molecule has 12 rings (SSSR count). The van der Waals surface area contributed by atoms with Crippen molar-refractivity contribution in [1.29, 1.82) is 0 Å². The molecule has 0 radical (unpaired) electrons. The lowest BCUT2D eigenvalue weighted by molar-refractivity contribution is -0.0502. The lowest BCUT2D eigenvalue weighted by Crippen LogP contribution is -2.56. The van der Waals surface area contributed by atoms with E-state index in [9.17, 15) is 0 Å². The van der Waals surface area contributed by atoms with Crippen molar-refractivity contribution >= 4 is 32.6 Å². The zero-order chi connectivity index (χ0) is 39.3. The van der Waals surface area contributed by atoms with Crippen molar-refractivity contribution in [2.24, 2.45) is 23.7 Å². The van der Waals surface area contributed by atoms with E-state index >= 15 is 0 Å². The summed E-state index contributed by atoms with van der Waals surface area (Å²) in [5.41, 5.74) is 4.03. The Labute approximate surface area is 340 Å². The summed E-state index contributed by atoms with van der Waals surface area (Å²) in [6.07, 6.45) is 10.3. The molecule has 3 aromatic carbocycles. The second-order valence-electron chi connectivity index (χ2n) is 17.0. The second kappa shape index (κ2) is 15.6. The molecule has 6 aliphatic rings. The van der Waals surface area contributed by atoms with Gasteiger partial charge in [-0.15, -0.1) is 10.2 Å². The fraction of sp³-hybridized carbons (Fsp3) is 0.458. The van der Waals surface area contributed by atoms with Crippen molar-refractivity contribution in [3.63, 3.8) is 0 Å². The fourth-order valence-corrected chi connectivity index (χ4v) is 11.1. The van der Waals surface area contributed by atoms with Crippen LogP contribution in [-0.4, -0.2) is 82.4 Å². The van der Waals surface area contributed by atoms with Crippen LogP contribution in [0.4, 0.5) is 0 Å². The second-order valence-corrected chi connectivity index (χ2v) is 17.0. The van der Waals surface area contributed by atoms with Crippen molar-refractivity contribution in [3.8, 4) is 23.3 Å². The molecule has 10 atom stereocenters. The van der Waals surface area contributed by atoms with Crippen LogP contribution in [0.1, 0.15) is 75.7 Å². The Kier molecular flexibility index (Phi) is 10.0. The Bertz CT molecular complexity index is 2280. The summed E-state index contributed by atoms with van der Waals surface area (Å²) in [7, 11) is 3.43. The summed E-state index contributed by atoms with van der Waals surface area (Å²) in [5, 5.41) is 13.7. The predicted octanol–water partition coefficient (Wildman–Crippen LogP) is 9.22. The van der Waals surface area contributed by atoms with Crippen molar-refractivity contribution in [2.75, 3.05) is 40.4 Å². The van der Waals surface area contributed by atoms with Gasteiger partial charge in [0, 0.05) is 59.3 Å². The molecule has 2 unspecified atom stereocenters. The molecule has 6 saturated heterocycles. The van der Waals surface area contributed by atoms with E-state index in [1.165, 1.54) is 32.1 Å². The first-order chi connectivity index (χ1) is 28.5. The summed E-state index contributed by atoms with van der Waals surface area (Å²) in [5.74, 6) is 4.83. The van der Waals surface area contributed by atoms with Gasteiger partial charge in [-0.05, 0) is 124 Å². The van der Waals surface area contributed by atoms with Crippen LogP contribution in [0.3, 0.4) is 0 Å². The maximum Gasteiger partial charge on any atom is 0.242 e. The van der Waals surface area contributed by atoms with Gasteiger partial charge in [0.2, 0.25) is 11.8 Å². The zero-order valence-electron chi connectivity index (χ0n) is 34.1. The maximum absolute atomic E-state index is 7.31. The smallest absolute Gasteiger partial charge is 0.242 e. The number of hydrogen-bond donors (Lipinski definition) is 0. The van der Waals surface area contributed by atoms with E-state index < -0.39 is 0 Å². The lowest BCUT2D eigenvalue weighted by atomic mass is 9.71. The summed E-state index contributed by atoms with van der Waals surface area (Å²) in [4.78, 5) is 14.8. The van der Waals surface area contributed by atoms with Crippen LogP contribution >= 0.6 is 0 Å². The van der Waals surface area contributed by atoms with Crippen LogP contribution in [0, 0.1) is 23.7 Å². The zero-order valence-corrected chi connectivity index (χ0v) is 34.1. The van der Waals surface area contributed by atoms with E-state index in [4.69, 9.17) is 39.1 Å². The van der Waals surface area contributed by atoms with E-state index in [-0.39, 0.29) is 24.2 Å². The molecule has 0 spiro atoms. The number of rotatable bonds is 12. The lowest BCUT2D eigenvalue weighted by Gasteiger charge is -2.52. The van der Waals surface area contributed by atoms with E-state index in [0.717, 1.165) is 87.8 Å². The van der Waals surface area contributed by atoms with Gasteiger partial charge < -0.3 is 18.9 Å². The van der Waals surface area contributed by atoms with E-state index in [2.05, 4.69) is 72.2 Å². The van der Waals surface area contributed by atoms with Crippen LogP contribution in [0.15, 0.2) is 85.2 Å². The number of fused-ring (bicyclic) bond motifs is 9. The van der Waals surface area contributed by atoms with Gasteiger partial charge in [-0.2, -0.15) is 0 Å². The molecular formula is C48H54N6O4. The molecule has 6 aliphatic heterocycles. The molecule has 4 bridgehead atoms. The monoisotopic (exact) mass is 778 g/mol. The molecule has 6 fully saturated rings. The molecule has 10 heteroatoms. The third kappa shape index (κ3) is 6.58. The highest BCUT2D eigenvalue weighted by Crippen LogP contribution is 2.48. The Morgan fingerprint density at radius 3 is 1.79 bits per heavy atom. The highest BCUT2D eigenvalue weighted by molar-refractivity contribution is 5.91. The number of piperidine rings is 6. The van der Waals surface area contributed by atoms with Gasteiger partial charge in [0.1, 0.15) is 23.7 Å². The normalized spacial score (nSPS) is 27.4. The number of benzene rings is 3. The molecule has 9 heterocycles. The van der Waals surface area contributed by atoms with Gasteiger partial charge in [-0.1, -0.05) is 32.4 Å². The van der Waals surface area contributed by atoms with Gasteiger partial charge in [-0.25, -0.2) is 0 Å². The summed E-state index contributed by atoms with van der Waals surface area (Å²) < 4.78 is 26.0. The summed E-state index contributed by atoms with van der Waals surface area (Å²) in [6.45, 7) is 8.95. The largest absolute Gasteiger partial charge is 0.497 e. The molecular weight excluding hydrogens is 725 g/mol. The fourth-order valence-electron chi connectivity index (χ4n) is 11.1. The van der Waals surface area contributed by atoms with Crippen LogP contribution in [0.2, 0.25) is 0 Å². The molecule has 10 nitrogen and oxygen atoms in total. The molecule has 0 amide bonds. The van der Waals surface area contributed by atoms with Gasteiger partial charge in [-0.3, -0.25) is 19.8 Å². The van der Waals surface area contributed by atoms with Gasteiger partial charge >= 0.3 is 0 Å². The minimum atomic E-state index is -0.299. The van der Waals surface area contributed by atoms with Crippen LogP contribution < -0.4 is 18.9 Å². The van der Waals surface area contributed by atoms with Crippen molar-refractivity contribution < 1.29 is 18.9 Å². The van der Waals surface area contributed by atoms with E-state index in [1.807, 2.05) is 36.7 Å². The highest BCUT2D eigenvalue weighted by Gasteiger charge is 2.46. The summed E-state index contributed by atoms with van der Waals surface area (Å²) in [6, 6.07) is 25.6. The number of methoxy groups -OCH3 is 2. The average Bonchev–Trinajstić information content (AvgIpc) is 3.29. The quantitative estimate of drug-likeness (QED) is 0.120. The summed E-state index contributed by atoms with van der Waals surface area (Å²) >= 11 is 0. The van der Waals surface area contributed by atoms with Crippen LogP contribution in [-0.2, 0) is 0 Å². The van der Waals surface area contributed by atoms with Crippen LogP contribution in [0.25, 0.3) is 32.6 Å². The van der Waals surface area contributed by atoms with E-state index in [1.54, 1.807) is 14.2 Å². The Balaban J connectivity index is 1.06. The van der Waals surface area contributed by atoms with E-state index in [0.29, 0.717) is 35.6 Å². The SMILES string of the molecule is CC[C@@H]1CN2CC[C@@H]1C[C@@H]2[C@@H](Oc1nnc(O[C@@H](c2ccnc3ccc(OC)cc23)[C@@H]2CN3CC[C@H]2C[C@@H]3CC)c2ccccc12)c1ccnc2ccc(OC)cc12. The molecule has 0 saturated carbocycles. The van der Waals surface area contributed by atoms with Crippen molar-refractivity contribution in [2.45, 2.75) is 76.7 Å². The third-order valence-electron chi connectivity index (χ3n) is 14.3. The standard InChI is InChI=1S/C48H54N6O4/c1-5-29-27-54-22-17-30(29)24-44(54)46(36-16-20-50-43-14-12-34(56-4)26-40(36)43)58-48-38-10-8-7-9-37(38)47(51-52-48)57-45(41-28-53-21-18-31(41)23-32(53)6-2)35-15-19-49-42-13-11-33(55-3)25-39(35)42/h7-16,19-20,25-26,29-32,41,44-46H,5-6,17-18,21-24,27-28H2,1-4H3/t29-,30-,31+,32+,41-,44-,45+,46+/m1/s1. The Morgan fingerprint density at radius 1 is 0.638 bits per heavy atom. The Hall–Kier alpha value is -5.06. The number of hydrogen-bond acceptors (Lipinski definition) is 10. The minimum absolute atomic E-state index is 0.180. The minimum Gasteiger partial charge on any atom is -0.497 e. The molecule has 58 heavy (non-hydrogen) atoms. The number of nitrogens with zero attached hydrogens (tertiary/aromatic N) is 6. The molecule has 0 N–H and O–H groups in total. The first-order valence-electron chi connectivity index (χ1n) is 21.5. The maximum atomic E-state index is 7.31. The number of ether oxygens (including phenoxy) is 4. The number of aromatic nitrogens is 4. The Morgan fingerprint density at radius 2 is 1.24 bits per heavy atom. The topological polar surface area (TPSA) is 95.0 Å². The number of pyridine rings is 2. The van der Waals surface area contributed by atoms with Crippen molar-refractivity contribution in [3.05, 3.63) is 96.3 Å². The predicted molar refractivity (Wildman–Crippen MR) is 227 cm³/mol. The first kappa shape index (κ1) is 37.2. The average molecular weight is 779 g/mol. The first-order valence-corrected chi connectivity index (χ1v) is 21.5. The highest BCUT2D eigenvalue weighted by atomic mass is 16.5. The molecule has 6 aromatic rings. The molecule has 3 aromatic heterocycles. The van der Waals surface area contributed by atoms with Gasteiger partial charge in [0.25, 0.3) is 0 Å². The molecule has 0 aliphatic carbocycles. The van der Waals surface area contributed by atoms with Crippen LogP contribution in [0.5, 0.6) is 23.3 Å².